The Morgan fingerprint density at radius 3 is 2.29 bits per heavy atom. The van der Waals surface area contributed by atoms with Crippen LogP contribution in [-0.4, -0.2) is 34.9 Å². The number of ether oxygens (including phenoxy) is 1. The fourth-order valence-electron chi connectivity index (χ4n) is 2.73. The highest BCUT2D eigenvalue weighted by molar-refractivity contribution is 9.10. The molecule has 2 amide bonds. The van der Waals surface area contributed by atoms with Gasteiger partial charge in [0.2, 0.25) is 5.91 Å². The first kappa shape index (κ1) is 25.8. The second-order valence-electron chi connectivity index (χ2n) is 8.00. The van der Waals surface area contributed by atoms with Crippen LogP contribution in [0.5, 0.6) is 5.75 Å². The van der Waals surface area contributed by atoms with Gasteiger partial charge in [-0.25, -0.2) is 0 Å². The number of carbonyl (C=O) groups is 2. The number of nitrogens with one attached hydrogen (secondary N) is 1. The van der Waals surface area contributed by atoms with Crippen LogP contribution in [0.25, 0.3) is 0 Å². The number of rotatable bonds is 7. The highest BCUT2D eigenvalue weighted by Gasteiger charge is 2.29. The van der Waals surface area contributed by atoms with Crippen molar-refractivity contribution in [3.8, 4) is 5.75 Å². The van der Waals surface area contributed by atoms with Crippen molar-refractivity contribution in [2.24, 2.45) is 0 Å². The normalized spacial score (nSPS) is 12.3. The predicted molar refractivity (Wildman–Crippen MR) is 129 cm³/mol. The molecule has 0 aliphatic carbocycles. The quantitative estimate of drug-likeness (QED) is 0.452. The van der Waals surface area contributed by atoms with Gasteiger partial charge >= 0.3 is 0 Å². The molecule has 0 radical (unpaired) electrons. The molecule has 0 aliphatic rings. The Balaban J connectivity index is 2.27. The molecule has 168 valence electrons. The van der Waals surface area contributed by atoms with Crippen molar-refractivity contribution in [3.05, 3.63) is 61.5 Å². The van der Waals surface area contributed by atoms with Crippen molar-refractivity contribution < 1.29 is 14.3 Å². The highest BCUT2D eigenvalue weighted by atomic mass is 79.9. The SMILES string of the molecule is CC(C(=O)NC(C)(C)C)N(Cc1c(Cl)cccc1Cl)C(=O)COc1ccc(Cl)cc1Br. The second kappa shape index (κ2) is 10.9. The maximum atomic E-state index is 13.1. The zero-order valence-corrected chi connectivity index (χ0v) is 21.5. The van der Waals surface area contributed by atoms with Crippen molar-refractivity contribution >= 4 is 62.5 Å². The van der Waals surface area contributed by atoms with Crippen LogP contribution in [0.1, 0.15) is 33.3 Å². The minimum absolute atomic E-state index is 0.0568. The molecule has 5 nitrogen and oxygen atoms in total. The van der Waals surface area contributed by atoms with Crippen LogP contribution >= 0.6 is 50.7 Å². The largest absolute Gasteiger partial charge is 0.483 e. The van der Waals surface area contributed by atoms with E-state index in [9.17, 15) is 9.59 Å². The van der Waals surface area contributed by atoms with Crippen molar-refractivity contribution in [1.29, 1.82) is 0 Å². The van der Waals surface area contributed by atoms with E-state index in [1.165, 1.54) is 4.90 Å². The number of benzene rings is 2. The lowest BCUT2D eigenvalue weighted by molar-refractivity contribution is -0.142. The number of carbonyl (C=O) groups excluding carboxylic acids is 2. The van der Waals surface area contributed by atoms with Gasteiger partial charge in [-0.15, -0.1) is 0 Å². The van der Waals surface area contributed by atoms with Gasteiger partial charge in [0.15, 0.2) is 6.61 Å². The Hall–Kier alpha value is -1.47. The van der Waals surface area contributed by atoms with Gasteiger partial charge in [-0.05, 0) is 74.0 Å². The van der Waals surface area contributed by atoms with Crippen molar-refractivity contribution in [2.75, 3.05) is 6.61 Å². The predicted octanol–water partition coefficient (Wildman–Crippen LogP) is 6.12. The summed E-state index contributed by atoms with van der Waals surface area (Å²) in [5.41, 5.74) is 0.106. The Morgan fingerprint density at radius 2 is 1.74 bits per heavy atom. The molecule has 9 heteroatoms. The van der Waals surface area contributed by atoms with E-state index in [0.717, 1.165) is 0 Å². The van der Waals surface area contributed by atoms with Crippen LogP contribution < -0.4 is 10.1 Å². The number of hydrogen-bond donors (Lipinski definition) is 1. The fraction of sp³-hybridized carbons (Fsp3) is 0.364. The van der Waals surface area contributed by atoms with Crippen LogP contribution in [0.2, 0.25) is 15.1 Å². The molecule has 1 N–H and O–H groups in total. The van der Waals surface area contributed by atoms with Crippen LogP contribution in [0.4, 0.5) is 0 Å². The summed E-state index contributed by atoms with van der Waals surface area (Å²) in [4.78, 5) is 27.3. The van der Waals surface area contributed by atoms with Gasteiger partial charge in [-0.1, -0.05) is 40.9 Å². The zero-order valence-electron chi connectivity index (χ0n) is 17.6. The monoisotopic (exact) mass is 548 g/mol. The van der Waals surface area contributed by atoms with Gasteiger partial charge < -0.3 is 15.0 Å². The molecule has 0 heterocycles. The summed E-state index contributed by atoms with van der Waals surface area (Å²) in [6, 6.07) is 9.30. The van der Waals surface area contributed by atoms with E-state index >= 15 is 0 Å². The van der Waals surface area contributed by atoms with E-state index < -0.39 is 17.5 Å². The first-order valence-electron chi connectivity index (χ1n) is 9.51. The van der Waals surface area contributed by atoms with Gasteiger partial charge in [-0.2, -0.15) is 0 Å². The molecule has 0 saturated heterocycles. The smallest absolute Gasteiger partial charge is 0.261 e. The van der Waals surface area contributed by atoms with Gasteiger partial charge in [0.05, 0.1) is 4.47 Å². The molecule has 0 fully saturated rings. The lowest BCUT2D eigenvalue weighted by atomic mass is 10.1. The molecule has 1 unspecified atom stereocenters. The molecular formula is C22H24BrCl3N2O3. The lowest BCUT2D eigenvalue weighted by Gasteiger charge is -2.31. The Labute approximate surface area is 206 Å². The van der Waals surface area contributed by atoms with Crippen LogP contribution in [0.3, 0.4) is 0 Å². The molecule has 1 atom stereocenters. The average Bonchev–Trinajstić information content (AvgIpc) is 2.65. The molecule has 2 aromatic carbocycles. The van der Waals surface area contributed by atoms with Crippen molar-refractivity contribution in [2.45, 2.75) is 45.8 Å². The topological polar surface area (TPSA) is 58.6 Å². The molecule has 2 aromatic rings. The number of halogens is 4. The summed E-state index contributed by atoms with van der Waals surface area (Å²) in [5, 5.41) is 4.26. The first-order chi connectivity index (χ1) is 14.4. The van der Waals surface area contributed by atoms with Gasteiger partial charge in [0, 0.05) is 32.7 Å². The van der Waals surface area contributed by atoms with Gasteiger partial charge in [0.1, 0.15) is 11.8 Å². The maximum Gasteiger partial charge on any atom is 0.261 e. The Morgan fingerprint density at radius 1 is 1.13 bits per heavy atom. The molecular weight excluding hydrogens is 527 g/mol. The van der Waals surface area contributed by atoms with E-state index in [4.69, 9.17) is 39.5 Å². The molecule has 0 spiro atoms. The van der Waals surface area contributed by atoms with Crippen LogP contribution in [0.15, 0.2) is 40.9 Å². The summed E-state index contributed by atoms with van der Waals surface area (Å²) in [7, 11) is 0. The van der Waals surface area contributed by atoms with Crippen molar-refractivity contribution in [3.63, 3.8) is 0 Å². The van der Waals surface area contributed by atoms with Crippen LogP contribution in [0, 0.1) is 0 Å². The summed E-state index contributed by atoms with van der Waals surface area (Å²) in [5.74, 6) is -0.230. The average molecular weight is 551 g/mol. The molecule has 31 heavy (non-hydrogen) atoms. The van der Waals surface area contributed by atoms with E-state index in [1.807, 2.05) is 20.8 Å². The van der Waals surface area contributed by atoms with E-state index in [-0.39, 0.29) is 19.1 Å². The van der Waals surface area contributed by atoms with Crippen LogP contribution in [-0.2, 0) is 16.1 Å². The molecule has 0 aliphatic heterocycles. The fourth-order valence-corrected chi connectivity index (χ4v) is 4.04. The van der Waals surface area contributed by atoms with Gasteiger partial charge in [0.25, 0.3) is 5.91 Å². The maximum absolute atomic E-state index is 13.1. The second-order valence-corrected chi connectivity index (χ2v) is 10.1. The van der Waals surface area contributed by atoms with Crippen molar-refractivity contribution in [1.82, 2.24) is 10.2 Å². The lowest BCUT2D eigenvalue weighted by Crippen LogP contribution is -2.53. The van der Waals surface area contributed by atoms with E-state index in [0.29, 0.717) is 30.9 Å². The summed E-state index contributed by atoms with van der Waals surface area (Å²) < 4.78 is 6.29. The molecule has 0 bridgehead atoms. The Bertz CT molecular complexity index is 943. The molecule has 0 saturated carbocycles. The van der Waals surface area contributed by atoms with E-state index in [1.54, 1.807) is 43.3 Å². The summed E-state index contributed by atoms with van der Waals surface area (Å²) in [6.45, 7) is 7.04. The van der Waals surface area contributed by atoms with Gasteiger partial charge in [-0.3, -0.25) is 9.59 Å². The highest BCUT2D eigenvalue weighted by Crippen LogP contribution is 2.29. The van der Waals surface area contributed by atoms with E-state index in [2.05, 4.69) is 21.2 Å². The minimum atomic E-state index is -0.781. The Kier molecular flexibility index (Phi) is 9.07. The number of hydrogen-bond acceptors (Lipinski definition) is 3. The molecule has 0 aromatic heterocycles. The first-order valence-corrected chi connectivity index (χ1v) is 11.4. The standard InChI is InChI=1S/C22H24BrCl3N2O3/c1-13(21(30)27-22(2,3)4)28(11-15-17(25)6-5-7-18(15)26)20(29)12-31-19-9-8-14(24)10-16(19)23/h5-10,13H,11-12H2,1-4H3,(H,27,30). The zero-order chi connectivity index (χ0) is 23.3. The number of nitrogens with zero attached hydrogens (tertiary/aromatic N) is 1. The molecule has 2 rings (SSSR count). The summed E-state index contributed by atoms with van der Waals surface area (Å²) in [6.07, 6.45) is 0. The third-order valence-electron chi connectivity index (χ3n) is 4.30. The third kappa shape index (κ3) is 7.56. The minimum Gasteiger partial charge on any atom is -0.483 e. The summed E-state index contributed by atoms with van der Waals surface area (Å²) >= 11 is 21.9. The third-order valence-corrected chi connectivity index (χ3v) is 5.86. The number of amides is 2.